The predicted molar refractivity (Wildman–Crippen MR) is 156 cm³/mol. The van der Waals surface area contributed by atoms with E-state index in [9.17, 15) is 0 Å². The molecule has 0 heterocycles. The average molecular weight is 511 g/mol. The lowest BCUT2D eigenvalue weighted by molar-refractivity contribution is -0.00000718. The molecule has 0 saturated heterocycles. The standard InChI is InChI=1S/C32H58S.ClH/c1-3-4-5-6-7-8-12-15-18-21-24-31-26-28-32(29-27-31)25-22-19-16-13-10-9-11-14-17-20-23-30-33-2;/h26-29H,3-25,30H2,1-2H3;1H. The normalized spacial score (nSPS) is 11.0. The molecule has 0 radical (unpaired) electrons. The lowest BCUT2D eigenvalue weighted by atomic mass is 10.0. The van der Waals surface area contributed by atoms with Gasteiger partial charge in [0.05, 0.1) is 6.26 Å². The average Bonchev–Trinajstić information content (AvgIpc) is 2.84. The van der Waals surface area contributed by atoms with Crippen LogP contribution in [0.5, 0.6) is 0 Å². The Morgan fingerprint density at radius 2 is 0.735 bits per heavy atom. The number of thiol groups is 1. The summed E-state index contributed by atoms with van der Waals surface area (Å²) < 4.78 is 0. The van der Waals surface area contributed by atoms with Crippen LogP contribution in [0.15, 0.2) is 24.3 Å². The summed E-state index contributed by atoms with van der Waals surface area (Å²) >= 11 is 1.57. The third-order valence-electron chi connectivity index (χ3n) is 7.19. The van der Waals surface area contributed by atoms with Crippen LogP contribution in [0.25, 0.3) is 0 Å². The van der Waals surface area contributed by atoms with Crippen LogP contribution >= 0.6 is 0 Å². The van der Waals surface area contributed by atoms with Crippen molar-refractivity contribution in [2.45, 2.75) is 155 Å². The third-order valence-corrected chi connectivity index (χ3v) is 7.95. The zero-order valence-electron chi connectivity index (χ0n) is 23.1. The van der Waals surface area contributed by atoms with Crippen molar-refractivity contribution in [2.24, 2.45) is 0 Å². The number of hydrogen-bond donors (Lipinski definition) is 0. The maximum atomic E-state index is 2.39. The van der Waals surface area contributed by atoms with Crippen molar-refractivity contribution >= 4 is 11.8 Å². The van der Waals surface area contributed by atoms with Crippen LogP contribution in [0.4, 0.5) is 0 Å². The summed E-state index contributed by atoms with van der Waals surface area (Å²) in [7, 11) is 0. The first-order chi connectivity index (χ1) is 16.4. The number of halogens is 1. The van der Waals surface area contributed by atoms with Crippen molar-refractivity contribution in [1.29, 1.82) is 0 Å². The zero-order chi connectivity index (χ0) is 23.7. The van der Waals surface area contributed by atoms with Crippen molar-refractivity contribution in [3.05, 3.63) is 35.4 Å². The molecule has 0 unspecified atom stereocenters. The van der Waals surface area contributed by atoms with Gasteiger partial charge in [-0.25, -0.2) is 0 Å². The molecular formula is C32H59ClS. The SMILES string of the molecule is CCCCCCCCCCCCc1ccc(CCCCCCCCCCCCC[SH+]C)cc1.[Cl-]. The number of unbranched alkanes of at least 4 members (excludes halogenated alkanes) is 19. The first-order valence-electron chi connectivity index (χ1n) is 15.0. The highest BCUT2D eigenvalue weighted by Crippen LogP contribution is 2.15. The Bertz CT molecular complexity index is 498. The topological polar surface area (TPSA) is 0 Å². The van der Waals surface area contributed by atoms with Gasteiger partial charge in [-0.15, -0.1) is 0 Å². The largest absolute Gasteiger partial charge is 1.00 e. The fourth-order valence-electron chi connectivity index (χ4n) is 4.88. The van der Waals surface area contributed by atoms with Crippen LogP contribution in [0.1, 0.15) is 153 Å². The quantitative estimate of drug-likeness (QED) is 0.0728. The van der Waals surface area contributed by atoms with Gasteiger partial charge in [-0.1, -0.05) is 140 Å². The van der Waals surface area contributed by atoms with E-state index in [2.05, 4.69) is 37.4 Å². The van der Waals surface area contributed by atoms with Crippen LogP contribution in [-0.2, 0) is 24.6 Å². The van der Waals surface area contributed by atoms with Gasteiger partial charge in [0.15, 0.2) is 0 Å². The Balaban J connectivity index is 0.0000109. The third kappa shape index (κ3) is 22.3. The molecule has 0 saturated carbocycles. The molecule has 0 aliphatic rings. The van der Waals surface area contributed by atoms with Crippen LogP contribution < -0.4 is 12.4 Å². The molecule has 0 amide bonds. The lowest BCUT2D eigenvalue weighted by Gasteiger charge is -2.06. The molecule has 0 spiro atoms. The maximum Gasteiger partial charge on any atom is 0.105 e. The highest BCUT2D eigenvalue weighted by molar-refractivity contribution is 7.77. The molecule has 1 aromatic carbocycles. The van der Waals surface area contributed by atoms with E-state index in [1.165, 1.54) is 153 Å². The monoisotopic (exact) mass is 510 g/mol. The summed E-state index contributed by atoms with van der Waals surface area (Å²) in [5, 5.41) is 0. The van der Waals surface area contributed by atoms with Crippen molar-refractivity contribution in [1.82, 2.24) is 0 Å². The molecule has 0 N–H and O–H groups in total. The highest BCUT2D eigenvalue weighted by Gasteiger charge is 1.99. The minimum Gasteiger partial charge on any atom is -1.00 e. The number of rotatable bonds is 25. The Hall–Kier alpha value is -0.140. The Kier molecular flexibility index (Phi) is 27.3. The van der Waals surface area contributed by atoms with Gasteiger partial charge in [0, 0.05) is 0 Å². The lowest BCUT2D eigenvalue weighted by Crippen LogP contribution is -3.00. The molecular weight excluding hydrogens is 452 g/mol. The fourth-order valence-corrected chi connectivity index (χ4v) is 5.42. The van der Waals surface area contributed by atoms with Crippen molar-refractivity contribution < 1.29 is 12.4 Å². The summed E-state index contributed by atoms with van der Waals surface area (Å²) in [4.78, 5) is 0. The summed E-state index contributed by atoms with van der Waals surface area (Å²) in [6, 6.07) is 9.58. The van der Waals surface area contributed by atoms with E-state index in [1.54, 1.807) is 22.9 Å². The Morgan fingerprint density at radius 1 is 0.441 bits per heavy atom. The summed E-state index contributed by atoms with van der Waals surface area (Å²) in [6.07, 6.45) is 35.0. The number of hydrogen-bond acceptors (Lipinski definition) is 0. The fraction of sp³-hybridized carbons (Fsp3) is 0.812. The highest BCUT2D eigenvalue weighted by atomic mass is 35.5. The molecule has 1 rings (SSSR count). The number of aryl methyl sites for hydroxylation is 2. The molecule has 0 bridgehead atoms. The molecule has 34 heavy (non-hydrogen) atoms. The molecule has 0 aromatic heterocycles. The van der Waals surface area contributed by atoms with Gasteiger partial charge in [0.1, 0.15) is 5.75 Å². The Morgan fingerprint density at radius 3 is 1.06 bits per heavy atom. The summed E-state index contributed by atoms with van der Waals surface area (Å²) in [6.45, 7) is 2.30. The van der Waals surface area contributed by atoms with Crippen molar-refractivity contribution in [3.8, 4) is 0 Å². The van der Waals surface area contributed by atoms with Gasteiger partial charge in [-0.3, -0.25) is 0 Å². The van der Waals surface area contributed by atoms with Crippen LogP contribution in [-0.4, -0.2) is 12.0 Å². The number of benzene rings is 1. The summed E-state index contributed by atoms with van der Waals surface area (Å²) in [5.41, 5.74) is 3.09. The van der Waals surface area contributed by atoms with E-state index in [-0.39, 0.29) is 12.4 Å². The van der Waals surface area contributed by atoms with Gasteiger partial charge in [0.2, 0.25) is 0 Å². The molecule has 200 valence electrons. The molecule has 0 aliphatic carbocycles. The van der Waals surface area contributed by atoms with Gasteiger partial charge in [-0.05, 0) is 61.4 Å². The molecule has 0 aliphatic heterocycles. The van der Waals surface area contributed by atoms with E-state index >= 15 is 0 Å². The second kappa shape index (κ2) is 27.4. The minimum atomic E-state index is 0. The molecule has 0 fully saturated rings. The van der Waals surface area contributed by atoms with Gasteiger partial charge >= 0.3 is 0 Å². The van der Waals surface area contributed by atoms with Crippen LogP contribution in [0.2, 0.25) is 0 Å². The van der Waals surface area contributed by atoms with E-state index in [1.807, 2.05) is 0 Å². The van der Waals surface area contributed by atoms with Gasteiger partial charge in [0.25, 0.3) is 0 Å². The smallest absolute Gasteiger partial charge is 0.105 e. The first-order valence-corrected chi connectivity index (χ1v) is 16.5. The Labute approximate surface area is 225 Å². The van der Waals surface area contributed by atoms with Gasteiger partial charge in [-0.2, -0.15) is 0 Å². The van der Waals surface area contributed by atoms with Crippen LogP contribution in [0.3, 0.4) is 0 Å². The van der Waals surface area contributed by atoms with E-state index in [4.69, 9.17) is 0 Å². The molecule has 0 nitrogen and oxygen atoms in total. The van der Waals surface area contributed by atoms with E-state index < -0.39 is 0 Å². The predicted octanol–water partition coefficient (Wildman–Crippen LogP) is 7.43. The van der Waals surface area contributed by atoms with E-state index in [0.29, 0.717) is 0 Å². The van der Waals surface area contributed by atoms with Crippen LogP contribution in [0, 0.1) is 0 Å². The molecule has 2 heteroatoms. The second-order valence-corrected chi connectivity index (χ2v) is 11.5. The molecule has 0 atom stereocenters. The summed E-state index contributed by atoms with van der Waals surface area (Å²) in [5.74, 6) is 1.41. The minimum absolute atomic E-state index is 0. The van der Waals surface area contributed by atoms with Crippen molar-refractivity contribution in [3.63, 3.8) is 0 Å². The maximum absolute atomic E-state index is 2.39. The zero-order valence-corrected chi connectivity index (χ0v) is 24.8. The second-order valence-electron chi connectivity index (χ2n) is 10.4. The molecule has 1 aromatic rings. The van der Waals surface area contributed by atoms with Crippen molar-refractivity contribution in [2.75, 3.05) is 12.0 Å². The van der Waals surface area contributed by atoms with E-state index in [0.717, 1.165) is 0 Å². The van der Waals surface area contributed by atoms with Gasteiger partial charge < -0.3 is 12.4 Å². The first kappa shape index (κ1) is 33.9.